The Morgan fingerprint density at radius 2 is 1.87 bits per heavy atom. The van der Waals surface area contributed by atoms with Crippen molar-refractivity contribution in [2.45, 2.75) is 62.7 Å². The highest BCUT2D eigenvalue weighted by Gasteiger charge is 2.73. The fourth-order valence-corrected chi connectivity index (χ4v) is 6.59. The largest absolute Gasteiger partial charge is 0.477 e. The van der Waals surface area contributed by atoms with E-state index >= 15 is 0 Å². The van der Waals surface area contributed by atoms with E-state index in [1.165, 1.54) is 13.8 Å². The van der Waals surface area contributed by atoms with Crippen molar-refractivity contribution in [3.63, 3.8) is 0 Å². The van der Waals surface area contributed by atoms with Crippen molar-refractivity contribution in [3.05, 3.63) is 22.3 Å². The molecule has 9 nitrogen and oxygen atoms in total. The first-order valence-electron chi connectivity index (χ1n) is 10.4. The molecule has 1 aromatic carbocycles. The van der Waals surface area contributed by atoms with E-state index in [2.05, 4.69) is 0 Å². The second-order valence-electron chi connectivity index (χ2n) is 9.11. The predicted molar refractivity (Wildman–Crippen MR) is 107 cm³/mol. The lowest BCUT2D eigenvalue weighted by Gasteiger charge is -2.62. The molecule has 1 saturated carbocycles. The molecule has 2 fully saturated rings. The summed E-state index contributed by atoms with van der Waals surface area (Å²) < 4.78 is 11.3. The number of hydrogen-bond acceptors (Lipinski definition) is 8. The van der Waals surface area contributed by atoms with Crippen molar-refractivity contribution in [1.29, 1.82) is 0 Å². The number of rotatable bonds is 3. The van der Waals surface area contributed by atoms with Gasteiger partial charge in [-0.15, -0.1) is 0 Å². The summed E-state index contributed by atoms with van der Waals surface area (Å²) in [6.45, 7) is 3.23. The van der Waals surface area contributed by atoms with Gasteiger partial charge in [0.25, 0.3) is 0 Å². The Hall–Kier alpha value is -2.78. The molecule has 1 spiro atoms. The maximum absolute atomic E-state index is 13.0. The molecule has 1 amide bonds. The topological polar surface area (TPSA) is 136 Å². The summed E-state index contributed by atoms with van der Waals surface area (Å²) in [5.41, 5.74) is 4.12. The van der Waals surface area contributed by atoms with Crippen LogP contribution >= 0.6 is 0 Å². The number of benzene rings is 1. The maximum atomic E-state index is 13.0. The minimum Gasteiger partial charge on any atom is -0.477 e. The van der Waals surface area contributed by atoms with E-state index in [1.54, 1.807) is 0 Å². The standard InChI is InChI=1S/C22H24N2O7/c1-9(25)14-11-8-13-22(29)5-4-12(27)19-21(22,6-7-24(13)3)16(11)18(30-19)17(31-20(23)28)15(14)10(2)26/h13,19,29H,4-8H2,1-3H3,(H2,23,28)/t13-,19+,21+,22-/m1/s1. The zero-order valence-corrected chi connectivity index (χ0v) is 17.6. The molecule has 31 heavy (non-hydrogen) atoms. The lowest BCUT2D eigenvalue weighted by Crippen LogP contribution is -2.76. The molecule has 4 aliphatic rings. The van der Waals surface area contributed by atoms with E-state index in [0.29, 0.717) is 30.5 Å². The lowest BCUT2D eigenvalue weighted by atomic mass is 9.48. The van der Waals surface area contributed by atoms with Gasteiger partial charge in [-0.05, 0) is 52.3 Å². The quantitative estimate of drug-likeness (QED) is 0.678. The van der Waals surface area contributed by atoms with Crippen molar-refractivity contribution in [1.82, 2.24) is 4.90 Å². The number of carbonyl (C=O) groups excluding carboxylic acids is 4. The zero-order chi connectivity index (χ0) is 22.5. The number of piperidine rings is 1. The van der Waals surface area contributed by atoms with Gasteiger partial charge in [0.2, 0.25) is 0 Å². The number of primary amides is 1. The number of hydrogen-bond donors (Lipinski definition) is 2. The van der Waals surface area contributed by atoms with Crippen LogP contribution < -0.4 is 15.2 Å². The number of likely N-dealkylation sites (N-methyl/N-ethyl adjacent to an activating group) is 1. The van der Waals surface area contributed by atoms with Crippen LogP contribution in [-0.4, -0.2) is 64.8 Å². The van der Waals surface area contributed by atoms with E-state index in [9.17, 15) is 24.3 Å². The molecular weight excluding hydrogens is 404 g/mol. The Morgan fingerprint density at radius 3 is 2.48 bits per heavy atom. The summed E-state index contributed by atoms with van der Waals surface area (Å²) in [7, 11) is 1.91. The second kappa shape index (κ2) is 6.14. The summed E-state index contributed by atoms with van der Waals surface area (Å²) in [6.07, 6.45) is -0.971. The van der Waals surface area contributed by atoms with Crippen LogP contribution in [0.15, 0.2) is 0 Å². The van der Waals surface area contributed by atoms with Crippen LogP contribution in [0.1, 0.15) is 65.0 Å². The average molecular weight is 428 g/mol. The average Bonchev–Trinajstić information content (AvgIpc) is 3.03. The normalized spacial score (nSPS) is 32.8. The molecule has 5 rings (SSSR count). The molecule has 164 valence electrons. The fraction of sp³-hybridized carbons (Fsp3) is 0.545. The molecular formula is C22H24N2O7. The number of nitrogens with zero attached hydrogens (tertiary/aromatic N) is 1. The lowest BCUT2D eigenvalue weighted by molar-refractivity contribution is -0.185. The third kappa shape index (κ3) is 2.22. The molecule has 2 aliphatic carbocycles. The number of nitrogens with two attached hydrogens (primary N) is 1. The van der Waals surface area contributed by atoms with Gasteiger partial charge in [-0.3, -0.25) is 14.4 Å². The number of ketones is 3. The number of Topliss-reactive ketones (excluding diaryl/α,β-unsaturated/α-hetero) is 3. The van der Waals surface area contributed by atoms with E-state index < -0.39 is 29.0 Å². The summed E-state index contributed by atoms with van der Waals surface area (Å²) in [5.74, 6) is -1.17. The highest BCUT2D eigenvalue weighted by atomic mass is 16.6. The first-order chi connectivity index (χ1) is 14.5. The predicted octanol–water partition coefficient (Wildman–Crippen LogP) is 0.902. The summed E-state index contributed by atoms with van der Waals surface area (Å²) >= 11 is 0. The maximum Gasteiger partial charge on any atom is 0.410 e. The van der Waals surface area contributed by atoms with E-state index in [1.807, 2.05) is 11.9 Å². The molecule has 3 N–H and O–H groups in total. The van der Waals surface area contributed by atoms with Crippen molar-refractivity contribution in [2.75, 3.05) is 13.6 Å². The third-order valence-corrected chi connectivity index (χ3v) is 7.71. The smallest absolute Gasteiger partial charge is 0.410 e. The first kappa shape index (κ1) is 20.1. The fourth-order valence-electron chi connectivity index (χ4n) is 6.59. The van der Waals surface area contributed by atoms with E-state index in [-0.39, 0.29) is 53.1 Å². The number of likely N-dealkylation sites (tertiary alicyclic amines) is 1. The van der Waals surface area contributed by atoms with Crippen LogP contribution in [0.5, 0.6) is 11.5 Å². The summed E-state index contributed by atoms with van der Waals surface area (Å²) in [6, 6.07) is -0.347. The molecule has 1 aromatic rings. The highest BCUT2D eigenvalue weighted by molar-refractivity contribution is 6.12. The Bertz CT molecular complexity index is 1100. The Morgan fingerprint density at radius 1 is 1.19 bits per heavy atom. The zero-order valence-electron chi connectivity index (χ0n) is 17.6. The Labute approximate surface area is 178 Å². The minimum atomic E-state index is -1.26. The van der Waals surface area contributed by atoms with Crippen molar-refractivity contribution < 1.29 is 33.8 Å². The molecule has 9 heteroatoms. The van der Waals surface area contributed by atoms with Gasteiger partial charge in [-0.25, -0.2) is 4.79 Å². The van der Waals surface area contributed by atoms with Crippen LogP contribution in [0.2, 0.25) is 0 Å². The van der Waals surface area contributed by atoms with Gasteiger partial charge in [0.15, 0.2) is 35.0 Å². The molecule has 1 saturated heterocycles. The number of carbonyl (C=O) groups is 4. The molecule has 4 atom stereocenters. The van der Waals surface area contributed by atoms with Crippen LogP contribution in [-0.2, 0) is 16.6 Å². The van der Waals surface area contributed by atoms with Gasteiger partial charge in [0.1, 0.15) is 0 Å². The highest BCUT2D eigenvalue weighted by Crippen LogP contribution is 2.66. The van der Waals surface area contributed by atoms with Crippen molar-refractivity contribution >= 4 is 23.4 Å². The molecule has 0 aromatic heterocycles. The summed E-state index contributed by atoms with van der Waals surface area (Å²) in [5, 5.41) is 12.0. The SMILES string of the molecule is CC(=O)c1c2c3c(c(OC(N)=O)c1C(C)=O)O[C@H]1C(=O)CC[C@@]4(O)[C@@H](C2)N(C)CC[C@]314. The number of ether oxygens (including phenoxy) is 2. The van der Waals surface area contributed by atoms with Gasteiger partial charge in [0, 0.05) is 23.6 Å². The van der Waals surface area contributed by atoms with Crippen LogP contribution in [0.4, 0.5) is 4.79 Å². The molecule has 2 heterocycles. The Balaban J connectivity index is 1.95. The number of aliphatic hydroxyl groups is 1. The Kier molecular flexibility index (Phi) is 3.99. The molecule has 0 unspecified atom stereocenters. The first-order valence-corrected chi connectivity index (χ1v) is 10.4. The van der Waals surface area contributed by atoms with Gasteiger partial charge in [-0.1, -0.05) is 0 Å². The van der Waals surface area contributed by atoms with E-state index in [0.717, 1.165) is 0 Å². The monoisotopic (exact) mass is 428 g/mol. The van der Waals surface area contributed by atoms with Gasteiger partial charge < -0.3 is 25.2 Å². The minimum absolute atomic E-state index is 0.0747. The van der Waals surface area contributed by atoms with E-state index in [4.69, 9.17) is 15.2 Å². The van der Waals surface area contributed by atoms with Crippen LogP contribution in [0, 0.1) is 0 Å². The molecule has 0 radical (unpaired) electrons. The third-order valence-electron chi connectivity index (χ3n) is 7.71. The van der Waals surface area contributed by atoms with Crippen LogP contribution in [0.25, 0.3) is 0 Å². The van der Waals surface area contributed by atoms with Crippen LogP contribution in [0.3, 0.4) is 0 Å². The van der Waals surface area contributed by atoms with Gasteiger partial charge in [-0.2, -0.15) is 0 Å². The van der Waals surface area contributed by atoms with Gasteiger partial charge >= 0.3 is 6.09 Å². The summed E-state index contributed by atoms with van der Waals surface area (Å²) in [4.78, 5) is 52.2. The molecule has 2 bridgehead atoms. The number of amides is 1. The van der Waals surface area contributed by atoms with Gasteiger partial charge in [0.05, 0.1) is 16.6 Å². The second-order valence-corrected chi connectivity index (χ2v) is 9.11. The van der Waals surface area contributed by atoms with Crippen molar-refractivity contribution in [2.24, 2.45) is 5.73 Å². The van der Waals surface area contributed by atoms with Crippen molar-refractivity contribution in [3.8, 4) is 11.5 Å². The molecule has 2 aliphatic heterocycles.